The Hall–Kier alpha value is -2.45. The van der Waals surface area contributed by atoms with Crippen molar-refractivity contribution in [3.8, 4) is 11.6 Å². The monoisotopic (exact) mass is 373 g/mol. The maximum atomic E-state index is 6.20. The Kier molecular flexibility index (Phi) is 4.16. The number of aromatic nitrogens is 5. The fraction of sp³-hybridized carbons (Fsp3) is 0.412. The number of halogens is 1. The van der Waals surface area contributed by atoms with Gasteiger partial charge in [0, 0.05) is 24.8 Å². The van der Waals surface area contributed by atoms with Crippen molar-refractivity contribution < 1.29 is 4.74 Å². The van der Waals surface area contributed by atoms with Gasteiger partial charge in [0.15, 0.2) is 16.9 Å². The lowest BCUT2D eigenvalue weighted by Crippen LogP contribution is -2.48. The number of nitrogens with zero attached hydrogens (tertiary/aromatic N) is 5. The van der Waals surface area contributed by atoms with Gasteiger partial charge < -0.3 is 15.4 Å². The Bertz CT molecular complexity index is 925. The van der Waals surface area contributed by atoms with Crippen LogP contribution in [0.25, 0.3) is 11.2 Å². The number of aryl methyl sites for hydroxylation is 1. The summed E-state index contributed by atoms with van der Waals surface area (Å²) in [6, 6.07) is 1.67. The number of H-pyrrole nitrogens is 1. The molecule has 1 aliphatic heterocycles. The third kappa shape index (κ3) is 3.17. The van der Waals surface area contributed by atoms with Crippen LogP contribution in [0.4, 0.5) is 5.82 Å². The number of rotatable bonds is 3. The number of fused-ring (bicyclic) bond motifs is 1. The van der Waals surface area contributed by atoms with E-state index >= 15 is 0 Å². The predicted octanol–water partition coefficient (Wildman–Crippen LogP) is 2.82. The van der Waals surface area contributed by atoms with Gasteiger partial charge in [0.1, 0.15) is 5.82 Å². The van der Waals surface area contributed by atoms with Gasteiger partial charge in [-0.25, -0.2) is 9.97 Å². The van der Waals surface area contributed by atoms with Crippen molar-refractivity contribution in [1.29, 1.82) is 0 Å². The molecule has 0 aromatic carbocycles. The molecule has 3 N–H and O–H groups in total. The highest BCUT2D eigenvalue weighted by Gasteiger charge is 2.27. The zero-order chi connectivity index (χ0) is 18.3. The number of pyridine rings is 1. The summed E-state index contributed by atoms with van der Waals surface area (Å²) in [6.07, 6.45) is 5.21. The SMILES string of the molecule is Cc1nccc(Cl)c1Oc1n[nH]c2nc(N3CCC(C)(N)CC3)cnc12. The summed E-state index contributed by atoms with van der Waals surface area (Å²) in [6.45, 7) is 5.62. The summed E-state index contributed by atoms with van der Waals surface area (Å²) in [5, 5.41) is 7.53. The van der Waals surface area contributed by atoms with Crippen LogP contribution in [0.1, 0.15) is 25.5 Å². The van der Waals surface area contributed by atoms with Gasteiger partial charge >= 0.3 is 0 Å². The maximum Gasteiger partial charge on any atom is 0.266 e. The minimum atomic E-state index is -0.107. The highest BCUT2D eigenvalue weighted by atomic mass is 35.5. The molecule has 9 heteroatoms. The smallest absolute Gasteiger partial charge is 0.266 e. The van der Waals surface area contributed by atoms with E-state index in [0.29, 0.717) is 33.5 Å². The van der Waals surface area contributed by atoms with Crippen molar-refractivity contribution in [2.75, 3.05) is 18.0 Å². The van der Waals surface area contributed by atoms with Crippen LogP contribution in [-0.2, 0) is 0 Å². The molecule has 0 bridgehead atoms. The van der Waals surface area contributed by atoms with Crippen molar-refractivity contribution in [3.05, 3.63) is 29.2 Å². The standard InChI is InChI=1S/C17H20ClN7O/c1-10-14(11(18)3-6-20-10)26-16-13-15(23-24-16)22-12(9-21-13)25-7-4-17(2,19)5-8-25/h3,6,9H,4-5,7-8,19H2,1-2H3,(H,22,23,24). The van der Waals surface area contributed by atoms with Gasteiger partial charge in [0.05, 0.1) is 16.9 Å². The van der Waals surface area contributed by atoms with Gasteiger partial charge in [-0.2, -0.15) is 0 Å². The van der Waals surface area contributed by atoms with E-state index in [-0.39, 0.29) is 5.54 Å². The summed E-state index contributed by atoms with van der Waals surface area (Å²) in [5.41, 5.74) is 7.88. The molecule has 3 aromatic heterocycles. The molecular formula is C17H20ClN7O. The van der Waals surface area contributed by atoms with Gasteiger partial charge in [0.25, 0.3) is 5.88 Å². The topological polar surface area (TPSA) is 106 Å². The highest BCUT2D eigenvalue weighted by Crippen LogP contribution is 2.33. The third-order valence-electron chi connectivity index (χ3n) is 4.69. The lowest BCUT2D eigenvalue weighted by atomic mass is 9.91. The van der Waals surface area contributed by atoms with E-state index in [2.05, 4.69) is 37.0 Å². The van der Waals surface area contributed by atoms with Crippen LogP contribution < -0.4 is 15.4 Å². The molecule has 26 heavy (non-hydrogen) atoms. The first-order valence-corrected chi connectivity index (χ1v) is 8.85. The molecule has 0 spiro atoms. The highest BCUT2D eigenvalue weighted by molar-refractivity contribution is 6.32. The molecule has 0 amide bonds. The second-order valence-corrected chi connectivity index (χ2v) is 7.31. The van der Waals surface area contributed by atoms with Crippen molar-refractivity contribution in [2.24, 2.45) is 5.73 Å². The molecule has 1 aliphatic rings. The number of nitrogens with two attached hydrogens (primary N) is 1. The van der Waals surface area contributed by atoms with E-state index in [1.807, 2.05) is 6.92 Å². The Morgan fingerprint density at radius 3 is 2.81 bits per heavy atom. The van der Waals surface area contributed by atoms with E-state index < -0.39 is 0 Å². The van der Waals surface area contributed by atoms with Gasteiger partial charge in [-0.1, -0.05) is 11.6 Å². The fourth-order valence-corrected chi connectivity index (χ4v) is 3.21. The molecule has 0 aliphatic carbocycles. The molecule has 0 saturated carbocycles. The summed E-state index contributed by atoms with van der Waals surface area (Å²) < 4.78 is 5.84. The minimum Gasteiger partial charge on any atom is -0.432 e. The summed E-state index contributed by atoms with van der Waals surface area (Å²) in [5.74, 6) is 1.59. The molecule has 4 heterocycles. The fourth-order valence-electron chi connectivity index (χ4n) is 2.98. The average Bonchev–Trinajstić information content (AvgIpc) is 3.00. The van der Waals surface area contributed by atoms with Crippen LogP contribution in [0.5, 0.6) is 11.6 Å². The Morgan fingerprint density at radius 1 is 1.31 bits per heavy atom. The van der Waals surface area contributed by atoms with E-state index in [4.69, 9.17) is 22.1 Å². The number of piperidine rings is 1. The quantitative estimate of drug-likeness (QED) is 0.727. The van der Waals surface area contributed by atoms with Crippen LogP contribution in [0.3, 0.4) is 0 Å². The summed E-state index contributed by atoms with van der Waals surface area (Å²) in [4.78, 5) is 15.5. The molecule has 1 fully saturated rings. The molecule has 4 rings (SSSR count). The molecule has 8 nitrogen and oxygen atoms in total. The zero-order valence-electron chi connectivity index (χ0n) is 14.7. The van der Waals surface area contributed by atoms with Crippen molar-refractivity contribution >= 4 is 28.6 Å². The van der Waals surface area contributed by atoms with Crippen LogP contribution in [0.2, 0.25) is 5.02 Å². The Morgan fingerprint density at radius 2 is 2.08 bits per heavy atom. The molecule has 0 radical (unpaired) electrons. The van der Waals surface area contributed by atoms with E-state index in [1.54, 1.807) is 18.5 Å². The van der Waals surface area contributed by atoms with Crippen molar-refractivity contribution in [1.82, 2.24) is 25.1 Å². The second-order valence-electron chi connectivity index (χ2n) is 6.90. The van der Waals surface area contributed by atoms with Gasteiger partial charge in [-0.3, -0.25) is 10.1 Å². The normalized spacial score (nSPS) is 16.8. The first-order chi connectivity index (χ1) is 12.4. The second kappa shape index (κ2) is 6.37. The van der Waals surface area contributed by atoms with Crippen LogP contribution in [-0.4, -0.2) is 43.8 Å². The average molecular weight is 374 g/mol. The molecule has 0 unspecified atom stereocenters. The summed E-state index contributed by atoms with van der Waals surface area (Å²) in [7, 11) is 0. The van der Waals surface area contributed by atoms with Crippen LogP contribution >= 0.6 is 11.6 Å². The third-order valence-corrected chi connectivity index (χ3v) is 4.99. The Labute approximate surface area is 155 Å². The lowest BCUT2D eigenvalue weighted by molar-refractivity contribution is 0.363. The van der Waals surface area contributed by atoms with E-state index in [9.17, 15) is 0 Å². The zero-order valence-corrected chi connectivity index (χ0v) is 15.4. The number of nitrogens with one attached hydrogen (secondary N) is 1. The van der Waals surface area contributed by atoms with Gasteiger partial charge in [-0.05, 0) is 32.8 Å². The first-order valence-electron chi connectivity index (χ1n) is 8.47. The summed E-state index contributed by atoms with van der Waals surface area (Å²) >= 11 is 6.19. The molecule has 136 valence electrons. The van der Waals surface area contributed by atoms with Crippen LogP contribution in [0.15, 0.2) is 18.5 Å². The van der Waals surface area contributed by atoms with Crippen LogP contribution in [0, 0.1) is 6.92 Å². The van der Waals surface area contributed by atoms with Gasteiger partial charge in [0.2, 0.25) is 0 Å². The maximum absolute atomic E-state index is 6.20. The predicted molar refractivity (Wildman–Crippen MR) is 99.8 cm³/mol. The van der Waals surface area contributed by atoms with E-state index in [1.165, 1.54) is 0 Å². The van der Waals surface area contributed by atoms with Gasteiger partial charge in [-0.15, -0.1) is 5.10 Å². The van der Waals surface area contributed by atoms with Crippen molar-refractivity contribution in [2.45, 2.75) is 32.2 Å². The lowest BCUT2D eigenvalue weighted by Gasteiger charge is -2.37. The molecule has 3 aromatic rings. The number of ether oxygens (including phenoxy) is 1. The largest absolute Gasteiger partial charge is 0.432 e. The van der Waals surface area contributed by atoms with Crippen molar-refractivity contribution in [3.63, 3.8) is 0 Å². The van der Waals surface area contributed by atoms with E-state index in [0.717, 1.165) is 31.7 Å². The first kappa shape index (κ1) is 17.0. The number of aromatic amines is 1. The number of anilines is 1. The molecular weight excluding hydrogens is 354 g/mol. The minimum absolute atomic E-state index is 0.107. The Balaban J connectivity index is 1.60. The molecule has 0 atom stereocenters. The number of hydrogen-bond donors (Lipinski definition) is 2. The molecule has 1 saturated heterocycles. The number of hydrogen-bond acceptors (Lipinski definition) is 7.